The van der Waals surface area contributed by atoms with Gasteiger partial charge < -0.3 is 16.2 Å². The van der Waals surface area contributed by atoms with E-state index in [1.54, 1.807) is 18.2 Å². The van der Waals surface area contributed by atoms with Crippen LogP contribution in [0.5, 0.6) is 0 Å². The zero-order valence-electron chi connectivity index (χ0n) is 10.7. The summed E-state index contributed by atoms with van der Waals surface area (Å²) < 4.78 is 0. The summed E-state index contributed by atoms with van der Waals surface area (Å²) in [7, 11) is 0. The Morgan fingerprint density at radius 2 is 1.94 bits per heavy atom. The number of amides is 1. The van der Waals surface area contributed by atoms with E-state index in [0.29, 0.717) is 5.69 Å². The summed E-state index contributed by atoms with van der Waals surface area (Å²) in [6.45, 7) is 5.50. The number of anilines is 1. The van der Waals surface area contributed by atoms with E-state index in [4.69, 9.17) is 10.8 Å². The lowest BCUT2D eigenvalue weighted by Crippen LogP contribution is -2.39. The van der Waals surface area contributed by atoms with Gasteiger partial charge in [0.15, 0.2) is 0 Å². The molecule has 0 aliphatic rings. The van der Waals surface area contributed by atoms with Gasteiger partial charge in [0.05, 0.1) is 5.56 Å². The normalized spacial score (nSPS) is 12.2. The van der Waals surface area contributed by atoms with Crippen LogP contribution in [0.2, 0.25) is 0 Å². The van der Waals surface area contributed by atoms with Crippen molar-refractivity contribution in [1.82, 2.24) is 0 Å². The third-order valence-electron chi connectivity index (χ3n) is 2.69. The van der Waals surface area contributed by atoms with Gasteiger partial charge in [0.2, 0.25) is 5.91 Å². The average molecular weight is 250 g/mol. The number of carboxylic acids is 1. The minimum atomic E-state index is -1.03. The van der Waals surface area contributed by atoms with Crippen LogP contribution in [0.4, 0.5) is 5.69 Å². The molecule has 5 nitrogen and oxygen atoms in total. The molecule has 1 aromatic rings. The first-order chi connectivity index (χ1) is 8.32. The van der Waals surface area contributed by atoms with Crippen LogP contribution < -0.4 is 11.1 Å². The van der Waals surface area contributed by atoms with Crippen molar-refractivity contribution in [2.24, 2.45) is 11.7 Å². The zero-order valence-corrected chi connectivity index (χ0v) is 10.7. The molecule has 1 unspecified atom stereocenters. The second-order valence-corrected chi connectivity index (χ2v) is 4.62. The lowest BCUT2D eigenvalue weighted by atomic mass is 10.0. The Kier molecular flexibility index (Phi) is 4.31. The number of nitrogens with two attached hydrogens (primary N) is 1. The van der Waals surface area contributed by atoms with Crippen molar-refractivity contribution in [3.05, 3.63) is 29.3 Å². The number of hydrogen-bond donors (Lipinski definition) is 3. The maximum Gasteiger partial charge on any atom is 0.337 e. The highest BCUT2D eigenvalue weighted by atomic mass is 16.4. The first-order valence-electron chi connectivity index (χ1n) is 5.72. The van der Waals surface area contributed by atoms with Gasteiger partial charge in [-0.25, -0.2) is 4.79 Å². The van der Waals surface area contributed by atoms with E-state index in [-0.39, 0.29) is 11.5 Å². The van der Waals surface area contributed by atoms with E-state index in [9.17, 15) is 9.59 Å². The molecule has 0 radical (unpaired) electrons. The van der Waals surface area contributed by atoms with Crippen LogP contribution >= 0.6 is 0 Å². The summed E-state index contributed by atoms with van der Waals surface area (Å²) in [4.78, 5) is 22.4. The van der Waals surface area contributed by atoms with Crippen LogP contribution in [-0.4, -0.2) is 23.0 Å². The molecule has 98 valence electrons. The molecule has 0 spiro atoms. The maximum absolute atomic E-state index is 11.3. The van der Waals surface area contributed by atoms with Crippen LogP contribution in [0.1, 0.15) is 29.8 Å². The maximum atomic E-state index is 11.3. The highest BCUT2D eigenvalue weighted by molar-refractivity contribution is 5.95. The molecule has 18 heavy (non-hydrogen) atoms. The van der Waals surface area contributed by atoms with Crippen molar-refractivity contribution in [2.75, 3.05) is 5.32 Å². The molecule has 0 saturated carbocycles. The van der Waals surface area contributed by atoms with E-state index in [1.807, 2.05) is 20.8 Å². The largest absolute Gasteiger partial charge is 0.478 e. The summed E-state index contributed by atoms with van der Waals surface area (Å²) in [5.41, 5.74) is 6.69. The summed E-state index contributed by atoms with van der Waals surface area (Å²) in [6.07, 6.45) is 0. The first kappa shape index (κ1) is 14.0. The van der Waals surface area contributed by atoms with Crippen LogP contribution in [0, 0.1) is 12.8 Å². The molecule has 0 heterocycles. The Hall–Kier alpha value is -2.04. The number of carbonyl (C=O) groups is 2. The van der Waals surface area contributed by atoms with Gasteiger partial charge in [-0.05, 0) is 25.0 Å². The van der Waals surface area contributed by atoms with Gasteiger partial charge in [-0.2, -0.15) is 0 Å². The molecular weight excluding hydrogens is 232 g/mol. The fourth-order valence-electron chi connectivity index (χ4n) is 1.69. The van der Waals surface area contributed by atoms with Gasteiger partial charge in [0, 0.05) is 5.69 Å². The smallest absolute Gasteiger partial charge is 0.337 e. The minimum absolute atomic E-state index is 0.0227. The Morgan fingerprint density at radius 3 is 2.39 bits per heavy atom. The standard InChI is InChI=1S/C13H18N2O3/c1-7(2)11(12(14)16)15-10-5-4-8(3)6-9(10)13(17)18/h4-7,11,15H,1-3H3,(H2,14,16)(H,17,18). The van der Waals surface area contributed by atoms with Gasteiger partial charge in [-0.3, -0.25) is 4.79 Å². The molecule has 5 heteroatoms. The van der Waals surface area contributed by atoms with E-state index < -0.39 is 17.9 Å². The molecule has 4 N–H and O–H groups in total. The Labute approximate surface area is 106 Å². The lowest BCUT2D eigenvalue weighted by Gasteiger charge is -2.21. The molecule has 0 aliphatic carbocycles. The second kappa shape index (κ2) is 5.53. The fraction of sp³-hybridized carbons (Fsp3) is 0.385. The number of aryl methyl sites for hydroxylation is 1. The number of benzene rings is 1. The van der Waals surface area contributed by atoms with Gasteiger partial charge in [-0.15, -0.1) is 0 Å². The molecule has 0 aliphatic heterocycles. The predicted octanol–water partition coefficient (Wildman–Crippen LogP) is 1.62. The van der Waals surface area contributed by atoms with Gasteiger partial charge >= 0.3 is 5.97 Å². The number of hydrogen-bond acceptors (Lipinski definition) is 3. The summed E-state index contributed by atoms with van der Waals surface area (Å²) in [6, 6.07) is 4.40. The first-order valence-corrected chi connectivity index (χ1v) is 5.72. The molecule has 0 bridgehead atoms. The summed E-state index contributed by atoms with van der Waals surface area (Å²) >= 11 is 0. The Morgan fingerprint density at radius 1 is 1.33 bits per heavy atom. The monoisotopic (exact) mass is 250 g/mol. The number of carbonyl (C=O) groups excluding carboxylic acids is 1. The molecule has 1 amide bonds. The molecule has 0 aromatic heterocycles. The third-order valence-corrected chi connectivity index (χ3v) is 2.69. The van der Waals surface area contributed by atoms with Crippen molar-refractivity contribution in [3.63, 3.8) is 0 Å². The highest BCUT2D eigenvalue weighted by Gasteiger charge is 2.21. The molecule has 1 atom stereocenters. The van der Waals surface area contributed by atoms with Crippen molar-refractivity contribution < 1.29 is 14.7 Å². The quantitative estimate of drug-likeness (QED) is 0.740. The van der Waals surface area contributed by atoms with E-state index in [0.717, 1.165) is 5.56 Å². The third kappa shape index (κ3) is 3.23. The van der Waals surface area contributed by atoms with Crippen molar-refractivity contribution >= 4 is 17.6 Å². The molecule has 0 saturated heterocycles. The van der Waals surface area contributed by atoms with Gasteiger partial charge in [0.1, 0.15) is 6.04 Å². The zero-order chi connectivity index (χ0) is 13.9. The topological polar surface area (TPSA) is 92.4 Å². The molecule has 1 rings (SSSR count). The average Bonchev–Trinajstić information content (AvgIpc) is 2.25. The highest BCUT2D eigenvalue weighted by Crippen LogP contribution is 2.20. The second-order valence-electron chi connectivity index (χ2n) is 4.62. The lowest BCUT2D eigenvalue weighted by molar-refractivity contribution is -0.119. The van der Waals surface area contributed by atoms with Crippen molar-refractivity contribution in [1.29, 1.82) is 0 Å². The predicted molar refractivity (Wildman–Crippen MR) is 69.6 cm³/mol. The fourth-order valence-corrected chi connectivity index (χ4v) is 1.69. The van der Waals surface area contributed by atoms with Crippen molar-refractivity contribution in [2.45, 2.75) is 26.8 Å². The van der Waals surface area contributed by atoms with E-state index >= 15 is 0 Å². The Bertz CT molecular complexity index is 469. The number of carboxylic acid groups (broad SMARTS) is 1. The summed E-state index contributed by atoms with van der Waals surface area (Å²) in [5.74, 6) is -1.56. The number of nitrogens with one attached hydrogen (secondary N) is 1. The molecular formula is C13H18N2O3. The SMILES string of the molecule is Cc1ccc(NC(C(N)=O)C(C)C)c(C(=O)O)c1. The van der Waals surface area contributed by atoms with Crippen molar-refractivity contribution in [3.8, 4) is 0 Å². The molecule has 0 fully saturated rings. The van der Waals surface area contributed by atoms with E-state index in [1.165, 1.54) is 0 Å². The summed E-state index contributed by atoms with van der Waals surface area (Å²) in [5, 5.41) is 12.0. The van der Waals surface area contributed by atoms with Gasteiger partial charge in [-0.1, -0.05) is 25.5 Å². The van der Waals surface area contributed by atoms with Crippen LogP contribution in [-0.2, 0) is 4.79 Å². The van der Waals surface area contributed by atoms with Crippen LogP contribution in [0.3, 0.4) is 0 Å². The van der Waals surface area contributed by atoms with Crippen LogP contribution in [0.25, 0.3) is 0 Å². The number of primary amides is 1. The van der Waals surface area contributed by atoms with E-state index in [2.05, 4.69) is 5.32 Å². The Balaban J connectivity index is 3.10. The van der Waals surface area contributed by atoms with Crippen LogP contribution in [0.15, 0.2) is 18.2 Å². The number of aromatic carboxylic acids is 1. The van der Waals surface area contributed by atoms with Gasteiger partial charge in [0.25, 0.3) is 0 Å². The molecule has 1 aromatic carbocycles. The number of rotatable bonds is 5. The minimum Gasteiger partial charge on any atom is -0.478 e.